The first kappa shape index (κ1) is 18.1. The molecule has 5 heteroatoms. The van der Waals surface area contributed by atoms with Crippen molar-refractivity contribution < 1.29 is 9.53 Å². The van der Waals surface area contributed by atoms with Crippen LogP contribution in [0.2, 0.25) is 0 Å². The monoisotopic (exact) mass is 353 g/mol. The predicted molar refractivity (Wildman–Crippen MR) is 106 cm³/mol. The Labute approximate surface area is 155 Å². The summed E-state index contributed by atoms with van der Waals surface area (Å²) in [5.41, 5.74) is 3.32. The molecule has 2 N–H and O–H groups in total. The Morgan fingerprint density at radius 2 is 1.81 bits per heavy atom. The Morgan fingerprint density at radius 1 is 1.08 bits per heavy atom. The molecule has 1 amide bonds. The van der Waals surface area contributed by atoms with Crippen molar-refractivity contribution in [1.29, 1.82) is 0 Å². The zero-order chi connectivity index (χ0) is 18.2. The van der Waals surface area contributed by atoms with Crippen LogP contribution in [0.4, 0.5) is 11.4 Å². The molecule has 1 heterocycles. The summed E-state index contributed by atoms with van der Waals surface area (Å²) < 4.78 is 5.33. The molecule has 1 aliphatic rings. The number of carbonyl (C=O) groups excluding carboxylic acids is 1. The number of anilines is 2. The summed E-state index contributed by atoms with van der Waals surface area (Å²) in [6.07, 6.45) is 3.30. The van der Waals surface area contributed by atoms with E-state index in [0.717, 1.165) is 36.5 Å². The summed E-state index contributed by atoms with van der Waals surface area (Å²) in [6, 6.07) is 16.2. The average molecular weight is 353 g/mol. The lowest BCUT2D eigenvalue weighted by Gasteiger charge is -2.18. The highest BCUT2D eigenvalue weighted by Crippen LogP contribution is 2.22. The van der Waals surface area contributed by atoms with Crippen LogP contribution in [0.3, 0.4) is 0 Å². The van der Waals surface area contributed by atoms with Gasteiger partial charge in [0, 0.05) is 31.0 Å². The molecule has 138 valence electrons. The van der Waals surface area contributed by atoms with Crippen LogP contribution >= 0.6 is 0 Å². The molecule has 1 fully saturated rings. The SMILES string of the molecule is COc1ccccc1CCNC(=O)CNc1ccc(N2CCCC2)cc1. The van der Waals surface area contributed by atoms with E-state index in [4.69, 9.17) is 4.74 Å². The summed E-state index contributed by atoms with van der Waals surface area (Å²) in [6.45, 7) is 3.15. The second-order valence-electron chi connectivity index (χ2n) is 6.51. The van der Waals surface area contributed by atoms with Gasteiger partial charge in [0.15, 0.2) is 0 Å². The summed E-state index contributed by atoms with van der Waals surface area (Å²) in [5, 5.41) is 6.12. The van der Waals surface area contributed by atoms with E-state index < -0.39 is 0 Å². The molecule has 0 aliphatic carbocycles. The zero-order valence-corrected chi connectivity index (χ0v) is 15.3. The standard InChI is InChI=1S/C21H27N3O2/c1-26-20-7-3-2-6-17(20)12-13-22-21(25)16-23-18-8-10-19(11-9-18)24-14-4-5-15-24/h2-3,6-11,23H,4-5,12-16H2,1H3,(H,22,25). The summed E-state index contributed by atoms with van der Waals surface area (Å²) in [7, 11) is 1.66. The van der Waals surface area contributed by atoms with Crippen molar-refractivity contribution in [3.63, 3.8) is 0 Å². The van der Waals surface area contributed by atoms with E-state index in [-0.39, 0.29) is 12.5 Å². The summed E-state index contributed by atoms with van der Waals surface area (Å²) in [5.74, 6) is 0.849. The third kappa shape index (κ3) is 4.91. The minimum atomic E-state index is -0.0106. The minimum absolute atomic E-state index is 0.0106. The maximum atomic E-state index is 12.0. The molecule has 0 aromatic heterocycles. The van der Waals surface area contributed by atoms with Gasteiger partial charge < -0.3 is 20.3 Å². The van der Waals surface area contributed by atoms with Crippen molar-refractivity contribution in [2.75, 3.05) is 43.5 Å². The van der Waals surface area contributed by atoms with E-state index in [1.807, 2.05) is 36.4 Å². The van der Waals surface area contributed by atoms with E-state index >= 15 is 0 Å². The van der Waals surface area contributed by atoms with E-state index in [0.29, 0.717) is 6.54 Å². The lowest BCUT2D eigenvalue weighted by atomic mass is 10.1. The van der Waals surface area contributed by atoms with Gasteiger partial charge in [-0.3, -0.25) is 4.79 Å². The highest BCUT2D eigenvalue weighted by molar-refractivity contribution is 5.80. The van der Waals surface area contributed by atoms with Gasteiger partial charge in [0.2, 0.25) is 5.91 Å². The minimum Gasteiger partial charge on any atom is -0.496 e. The zero-order valence-electron chi connectivity index (χ0n) is 15.3. The number of amides is 1. The van der Waals surface area contributed by atoms with Crippen molar-refractivity contribution >= 4 is 17.3 Å². The maximum Gasteiger partial charge on any atom is 0.239 e. The van der Waals surface area contributed by atoms with Crippen molar-refractivity contribution in [1.82, 2.24) is 5.32 Å². The van der Waals surface area contributed by atoms with Gasteiger partial charge in [-0.15, -0.1) is 0 Å². The van der Waals surface area contributed by atoms with Crippen LogP contribution in [0.1, 0.15) is 18.4 Å². The third-order valence-corrected chi connectivity index (χ3v) is 4.70. The molecule has 26 heavy (non-hydrogen) atoms. The molecule has 0 atom stereocenters. The van der Waals surface area contributed by atoms with E-state index in [2.05, 4.69) is 27.7 Å². The van der Waals surface area contributed by atoms with Gasteiger partial charge in [-0.1, -0.05) is 18.2 Å². The van der Waals surface area contributed by atoms with Crippen LogP contribution in [-0.4, -0.2) is 39.2 Å². The van der Waals surface area contributed by atoms with Crippen molar-refractivity contribution in [2.45, 2.75) is 19.3 Å². The number of hydrogen-bond donors (Lipinski definition) is 2. The molecule has 0 spiro atoms. The van der Waals surface area contributed by atoms with Crippen molar-refractivity contribution in [3.05, 3.63) is 54.1 Å². The molecule has 2 aromatic rings. The fourth-order valence-electron chi connectivity index (χ4n) is 3.26. The smallest absolute Gasteiger partial charge is 0.239 e. The first-order valence-electron chi connectivity index (χ1n) is 9.24. The van der Waals surface area contributed by atoms with Gasteiger partial charge >= 0.3 is 0 Å². The van der Waals surface area contributed by atoms with Crippen LogP contribution in [0.5, 0.6) is 5.75 Å². The number of hydrogen-bond acceptors (Lipinski definition) is 4. The predicted octanol–water partition coefficient (Wildman–Crippen LogP) is 3.07. The number of benzene rings is 2. The number of para-hydroxylation sites is 1. The second-order valence-corrected chi connectivity index (χ2v) is 6.51. The first-order valence-corrected chi connectivity index (χ1v) is 9.24. The lowest BCUT2D eigenvalue weighted by molar-refractivity contribution is -0.119. The third-order valence-electron chi connectivity index (χ3n) is 4.70. The lowest BCUT2D eigenvalue weighted by Crippen LogP contribution is -2.31. The fourth-order valence-corrected chi connectivity index (χ4v) is 3.26. The summed E-state index contributed by atoms with van der Waals surface area (Å²) in [4.78, 5) is 14.4. The number of rotatable bonds is 8. The molecular weight excluding hydrogens is 326 g/mol. The van der Waals surface area contributed by atoms with E-state index in [1.54, 1.807) is 7.11 Å². The Morgan fingerprint density at radius 3 is 2.54 bits per heavy atom. The number of nitrogens with zero attached hydrogens (tertiary/aromatic N) is 1. The first-order chi connectivity index (χ1) is 12.8. The number of methoxy groups -OCH3 is 1. The van der Waals surface area contributed by atoms with E-state index in [1.165, 1.54) is 18.5 Å². The van der Waals surface area contributed by atoms with Crippen LogP contribution in [0.15, 0.2) is 48.5 Å². The average Bonchev–Trinajstić information content (AvgIpc) is 3.22. The normalized spacial score (nSPS) is 13.5. The van der Waals surface area contributed by atoms with Gasteiger partial charge in [-0.05, 0) is 55.2 Å². The molecule has 1 saturated heterocycles. The molecule has 1 aliphatic heterocycles. The number of nitrogens with one attached hydrogen (secondary N) is 2. The van der Waals surface area contributed by atoms with Crippen molar-refractivity contribution in [2.24, 2.45) is 0 Å². The second kappa shape index (κ2) is 9.13. The van der Waals surface area contributed by atoms with Gasteiger partial charge in [0.25, 0.3) is 0 Å². The molecule has 2 aromatic carbocycles. The van der Waals surface area contributed by atoms with Gasteiger partial charge in [0.05, 0.1) is 13.7 Å². The van der Waals surface area contributed by atoms with Crippen LogP contribution in [0, 0.1) is 0 Å². The Bertz CT molecular complexity index is 709. The summed E-state index contributed by atoms with van der Waals surface area (Å²) >= 11 is 0. The largest absolute Gasteiger partial charge is 0.496 e. The number of ether oxygens (including phenoxy) is 1. The maximum absolute atomic E-state index is 12.0. The molecule has 5 nitrogen and oxygen atoms in total. The van der Waals surface area contributed by atoms with Crippen LogP contribution < -0.4 is 20.3 Å². The Balaban J connectivity index is 1.39. The molecule has 0 bridgehead atoms. The van der Waals surface area contributed by atoms with Crippen LogP contribution in [0.25, 0.3) is 0 Å². The highest BCUT2D eigenvalue weighted by Gasteiger charge is 2.11. The number of carbonyl (C=O) groups is 1. The Hall–Kier alpha value is -2.69. The molecule has 3 rings (SSSR count). The molecule has 0 radical (unpaired) electrons. The molecule has 0 unspecified atom stereocenters. The highest BCUT2D eigenvalue weighted by atomic mass is 16.5. The van der Waals surface area contributed by atoms with Crippen molar-refractivity contribution in [3.8, 4) is 5.75 Å². The van der Waals surface area contributed by atoms with Gasteiger partial charge in [-0.2, -0.15) is 0 Å². The topological polar surface area (TPSA) is 53.6 Å². The molecule has 0 saturated carbocycles. The quantitative estimate of drug-likeness (QED) is 0.766. The fraction of sp³-hybridized carbons (Fsp3) is 0.381. The van der Waals surface area contributed by atoms with Gasteiger partial charge in [-0.25, -0.2) is 0 Å². The van der Waals surface area contributed by atoms with Gasteiger partial charge in [0.1, 0.15) is 5.75 Å². The Kier molecular flexibility index (Phi) is 6.36. The molecular formula is C21H27N3O2. The van der Waals surface area contributed by atoms with E-state index in [9.17, 15) is 4.79 Å². The van der Waals surface area contributed by atoms with Crippen LogP contribution in [-0.2, 0) is 11.2 Å².